The molecule has 0 bridgehead atoms. The third kappa shape index (κ3) is 6.35. The molecule has 0 aliphatic heterocycles. The first-order chi connectivity index (χ1) is 13.8. The van der Waals surface area contributed by atoms with Gasteiger partial charge in [0.25, 0.3) is 0 Å². The number of H-pyrrole nitrogens is 1. The molecule has 1 heterocycles. The fourth-order valence-corrected chi connectivity index (χ4v) is 3.08. The number of carbonyl (C=O) groups excluding carboxylic acids is 2. The number of rotatable bonds is 9. The van der Waals surface area contributed by atoms with Gasteiger partial charge in [-0.2, -0.15) is 0 Å². The Bertz CT molecular complexity index is 901. The lowest BCUT2D eigenvalue weighted by Crippen LogP contribution is -2.42. The number of aromatic amines is 1. The average Bonchev–Trinajstić information content (AvgIpc) is 3.00. The van der Waals surface area contributed by atoms with Crippen molar-refractivity contribution in [2.75, 3.05) is 5.43 Å². The van der Waals surface area contributed by atoms with Crippen LogP contribution in [0.3, 0.4) is 0 Å². The normalized spacial score (nSPS) is 13.4. The molecule has 0 radical (unpaired) electrons. The van der Waals surface area contributed by atoms with Crippen LogP contribution in [0, 0.1) is 17.8 Å². The maximum atomic E-state index is 12.9. The number of hydroxylamine groups is 1. The summed E-state index contributed by atoms with van der Waals surface area (Å²) in [4.78, 5) is 39.0. The number of imidazole rings is 1. The molecule has 0 aliphatic rings. The highest BCUT2D eigenvalue weighted by Gasteiger charge is 2.34. The number of nitrogens with zero attached hydrogens (tertiary/aromatic N) is 1. The predicted octanol–water partition coefficient (Wildman–Crippen LogP) is 1.84. The molecule has 5 N–H and O–H groups in total. The molecule has 0 fully saturated rings. The van der Waals surface area contributed by atoms with Gasteiger partial charge < -0.3 is 5.11 Å². The first-order valence-corrected chi connectivity index (χ1v) is 9.28. The molecule has 9 nitrogen and oxygen atoms in total. The molecule has 2 rings (SSSR count). The van der Waals surface area contributed by atoms with E-state index in [-0.39, 0.29) is 12.3 Å². The maximum Gasteiger partial charge on any atom is 0.347 e. The second-order valence-electron chi connectivity index (χ2n) is 7.16. The van der Waals surface area contributed by atoms with Gasteiger partial charge >= 0.3 is 5.69 Å². The van der Waals surface area contributed by atoms with Crippen LogP contribution in [0.15, 0.2) is 47.4 Å². The molecule has 1 aromatic heterocycles. The second kappa shape index (κ2) is 10.3. The van der Waals surface area contributed by atoms with E-state index in [2.05, 4.69) is 10.4 Å². The highest BCUT2D eigenvalue weighted by atomic mass is 16.5. The van der Waals surface area contributed by atoms with Crippen molar-refractivity contribution in [2.24, 2.45) is 17.8 Å². The van der Waals surface area contributed by atoms with Crippen LogP contribution in [0.4, 0.5) is 0 Å². The van der Waals surface area contributed by atoms with Crippen molar-refractivity contribution >= 4 is 17.9 Å². The number of benzene rings is 1. The summed E-state index contributed by atoms with van der Waals surface area (Å²) >= 11 is 0. The molecule has 2 atom stereocenters. The molecule has 9 heteroatoms. The molecule has 0 spiro atoms. The van der Waals surface area contributed by atoms with Gasteiger partial charge in [0.15, 0.2) is 0 Å². The van der Waals surface area contributed by atoms with Crippen molar-refractivity contribution in [3.8, 4) is 5.88 Å². The van der Waals surface area contributed by atoms with Gasteiger partial charge in [-0.25, -0.2) is 15.0 Å². The molecule has 2 aromatic rings. The minimum atomic E-state index is -0.856. The highest BCUT2D eigenvalue weighted by molar-refractivity contribution is 5.91. The zero-order chi connectivity index (χ0) is 21.4. The number of carbonyl (C=O) groups is 2. The minimum Gasteiger partial charge on any atom is -0.493 e. The molecule has 0 saturated heterocycles. The van der Waals surface area contributed by atoms with Gasteiger partial charge in [0.05, 0.1) is 18.0 Å². The first kappa shape index (κ1) is 22.0. The van der Waals surface area contributed by atoms with Crippen LogP contribution < -0.4 is 16.6 Å². The average molecular weight is 402 g/mol. The van der Waals surface area contributed by atoms with Gasteiger partial charge in [-0.15, -0.1) is 0 Å². The van der Waals surface area contributed by atoms with Crippen molar-refractivity contribution in [1.29, 1.82) is 0 Å². The number of hydrogen-bond acceptors (Lipinski definition) is 5. The van der Waals surface area contributed by atoms with Gasteiger partial charge in [0.1, 0.15) is 0 Å². The summed E-state index contributed by atoms with van der Waals surface area (Å²) in [6, 6.07) is 9.47. The summed E-state index contributed by atoms with van der Waals surface area (Å²) in [5.74, 6) is -3.24. The van der Waals surface area contributed by atoms with Crippen molar-refractivity contribution in [3.05, 3.63) is 58.7 Å². The fourth-order valence-electron chi connectivity index (χ4n) is 3.08. The third-order valence-electron chi connectivity index (χ3n) is 4.43. The van der Waals surface area contributed by atoms with Crippen molar-refractivity contribution in [1.82, 2.24) is 15.1 Å². The van der Waals surface area contributed by atoms with E-state index in [1.165, 1.54) is 0 Å². The lowest BCUT2D eigenvalue weighted by atomic mass is 9.82. The Morgan fingerprint density at radius 2 is 1.86 bits per heavy atom. The zero-order valence-corrected chi connectivity index (χ0v) is 16.3. The quantitative estimate of drug-likeness (QED) is 0.322. The van der Waals surface area contributed by atoms with E-state index in [9.17, 15) is 24.7 Å². The third-order valence-corrected chi connectivity index (χ3v) is 4.43. The smallest absolute Gasteiger partial charge is 0.347 e. The molecule has 156 valence electrons. The van der Waals surface area contributed by atoms with E-state index >= 15 is 0 Å². The standard InChI is InChI=1S/C20H26N4O5/c1-13(2)11-16(18(26)22-24-12-17(25)21-20(24)28)15(19(27)23-29)10-6-9-14-7-4-3-5-8-14/h3-9,12-13,15-16,25,29H,10-11H2,1-2H3,(H,21,28)(H,22,26)(H,23,27)/t15-,16+/m0/s1. The monoisotopic (exact) mass is 402 g/mol. The summed E-state index contributed by atoms with van der Waals surface area (Å²) in [5, 5.41) is 18.5. The lowest BCUT2D eigenvalue weighted by Gasteiger charge is -2.25. The summed E-state index contributed by atoms with van der Waals surface area (Å²) in [7, 11) is 0. The van der Waals surface area contributed by atoms with Crippen molar-refractivity contribution in [3.63, 3.8) is 0 Å². The van der Waals surface area contributed by atoms with Crippen molar-refractivity contribution in [2.45, 2.75) is 26.7 Å². The maximum absolute atomic E-state index is 12.9. The molecule has 1 aromatic carbocycles. The zero-order valence-electron chi connectivity index (χ0n) is 16.3. The molecule has 0 saturated carbocycles. The van der Waals surface area contributed by atoms with Crippen LogP contribution in [-0.2, 0) is 9.59 Å². The fraction of sp³-hybridized carbons (Fsp3) is 0.350. The molecule has 2 amide bonds. The summed E-state index contributed by atoms with van der Waals surface area (Å²) in [6.07, 6.45) is 5.19. The van der Waals surface area contributed by atoms with Crippen LogP contribution in [0.5, 0.6) is 5.88 Å². The topological polar surface area (TPSA) is 136 Å². The Morgan fingerprint density at radius 3 is 2.41 bits per heavy atom. The SMILES string of the molecule is CC(C)C[C@@H](C(=O)Nn1cc(O)[nH]c1=O)[C@H](CC=Cc1ccccc1)C(=O)NO. The second-order valence-corrected chi connectivity index (χ2v) is 7.16. The lowest BCUT2D eigenvalue weighted by molar-refractivity contribution is -0.139. The van der Waals surface area contributed by atoms with Gasteiger partial charge in [-0.3, -0.25) is 25.2 Å². The predicted molar refractivity (Wildman–Crippen MR) is 108 cm³/mol. The number of amides is 2. The minimum absolute atomic E-state index is 0.0780. The Kier molecular flexibility index (Phi) is 7.79. The largest absolute Gasteiger partial charge is 0.493 e. The van der Waals surface area contributed by atoms with Crippen LogP contribution >= 0.6 is 0 Å². The molecular formula is C20H26N4O5. The summed E-state index contributed by atoms with van der Waals surface area (Å²) in [5.41, 5.74) is 4.25. The van der Waals surface area contributed by atoms with E-state index < -0.39 is 35.2 Å². The summed E-state index contributed by atoms with van der Waals surface area (Å²) < 4.78 is 0.818. The number of nitrogens with one attached hydrogen (secondary N) is 3. The highest BCUT2D eigenvalue weighted by Crippen LogP contribution is 2.25. The van der Waals surface area contributed by atoms with Crippen LogP contribution in [0.25, 0.3) is 6.08 Å². The van der Waals surface area contributed by atoms with E-state index in [4.69, 9.17) is 0 Å². The molecule has 29 heavy (non-hydrogen) atoms. The Morgan fingerprint density at radius 1 is 1.17 bits per heavy atom. The first-order valence-electron chi connectivity index (χ1n) is 9.28. The summed E-state index contributed by atoms with van der Waals surface area (Å²) in [6.45, 7) is 3.81. The van der Waals surface area contributed by atoms with E-state index in [0.29, 0.717) is 6.42 Å². The Hall–Kier alpha value is -3.33. The number of aromatic nitrogens is 2. The molecular weight excluding hydrogens is 376 g/mol. The van der Waals surface area contributed by atoms with Gasteiger partial charge in [-0.05, 0) is 24.3 Å². The van der Waals surface area contributed by atoms with Crippen LogP contribution in [0.1, 0.15) is 32.3 Å². The Labute approximate surface area is 168 Å². The van der Waals surface area contributed by atoms with Gasteiger partial charge in [0.2, 0.25) is 17.7 Å². The van der Waals surface area contributed by atoms with E-state index in [1.807, 2.05) is 50.3 Å². The number of allylic oxidation sites excluding steroid dienone is 1. The van der Waals surface area contributed by atoms with Crippen LogP contribution in [0.2, 0.25) is 0 Å². The van der Waals surface area contributed by atoms with Gasteiger partial charge in [-0.1, -0.05) is 56.3 Å². The molecule has 0 unspecified atom stereocenters. The molecule has 0 aliphatic carbocycles. The van der Waals surface area contributed by atoms with Gasteiger partial charge in [0, 0.05) is 0 Å². The number of aromatic hydroxyl groups is 1. The van der Waals surface area contributed by atoms with Crippen LogP contribution in [-0.4, -0.2) is 31.8 Å². The van der Waals surface area contributed by atoms with E-state index in [1.54, 1.807) is 11.6 Å². The van der Waals surface area contributed by atoms with E-state index in [0.717, 1.165) is 16.4 Å². The Balaban J connectivity index is 2.23. The number of hydrogen-bond donors (Lipinski definition) is 5. The van der Waals surface area contributed by atoms with Crippen molar-refractivity contribution < 1.29 is 19.9 Å².